The molecule has 0 bridgehead atoms. The minimum atomic E-state index is -0.657. The van der Waals surface area contributed by atoms with Crippen molar-refractivity contribution in [1.29, 1.82) is 0 Å². The summed E-state index contributed by atoms with van der Waals surface area (Å²) in [5, 5.41) is 14.2. The van der Waals surface area contributed by atoms with Crippen LogP contribution in [0.3, 0.4) is 0 Å². The van der Waals surface area contributed by atoms with Gasteiger partial charge in [0.15, 0.2) is 5.84 Å². The summed E-state index contributed by atoms with van der Waals surface area (Å²) in [6, 6.07) is 0. The highest BCUT2D eigenvalue weighted by molar-refractivity contribution is 6.02. The Kier molecular flexibility index (Phi) is 8.06. The second-order valence-corrected chi connectivity index (χ2v) is 4.30. The van der Waals surface area contributed by atoms with Gasteiger partial charge in [0, 0.05) is 20.8 Å². The predicted octanol–water partition coefficient (Wildman–Crippen LogP) is -0.217. The molecule has 7 nitrogen and oxygen atoms in total. The SMILES string of the molecule is COCC(CNC(=O)C(C(N)=NO)C(C)C)OC. The van der Waals surface area contributed by atoms with E-state index in [1.807, 2.05) is 13.8 Å². The molecule has 0 rings (SSSR count). The van der Waals surface area contributed by atoms with Crippen molar-refractivity contribution in [2.75, 3.05) is 27.4 Å². The largest absolute Gasteiger partial charge is 0.409 e. The van der Waals surface area contributed by atoms with Crippen molar-refractivity contribution in [3.8, 4) is 0 Å². The van der Waals surface area contributed by atoms with Crippen molar-refractivity contribution in [2.24, 2.45) is 22.7 Å². The number of carbonyl (C=O) groups is 1. The highest BCUT2D eigenvalue weighted by atomic mass is 16.5. The molecule has 0 aromatic carbocycles. The molecule has 0 aliphatic rings. The van der Waals surface area contributed by atoms with E-state index in [9.17, 15) is 4.79 Å². The molecule has 0 saturated heterocycles. The van der Waals surface area contributed by atoms with Crippen LogP contribution in [0.1, 0.15) is 13.8 Å². The van der Waals surface area contributed by atoms with E-state index in [0.29, 0.717) is 13.2 Å². The van der Waals surface area contributed by atoms with Crippen LogP contribution in [0.4, 0.5) is 0 Å². The minimum absolute atomic E-state index is 0.0654. The molecule has 0 aromatic heterocycles. The van der Waals surface area contributed by atoms with Crippen molar-refractivity contribution < 1.29 is 19.5 Å². The lowest BCUT2D eigenvalue weighted by Gasteiger charge is -2.21. The van der Waals surface area contributed by atoms with Gasteiger partial charge in [0.05, 0.1) is 12.7 Å². The number of nitrogens with two attached hydrogens (primary N) is 1. The number of hydrogen-bond donors (Lipinski definition) is 3. The number of oxime groups is 1. The first-order chi connectivity index (χ1) is 8.47. The van der Waals surface area contributed by atoms with Crippen LogP contribution in [0.15, 0.2) is 5.16 Å². The number of rotatable bonds is 8. The van der Waals surface area contributed by atoms with E-state index < -0.39 is 5.92 Å². The fraction of sp³-hybridized carbons (Fsp3) is 0.818. The first kappa shape index (κ1) is 16.7. The number of amidine groups is 1. The van der Waals surface area contributed by atoms with E-state index in [2.05, 4.69) is 10.5 Å². The molecule has 0 spiro atoms. The Morgan fingerprint density at radius 1 is 1.44 bits per heavy atom. The summed E-state index contributed by atoms with van der Waals surface area (Å²) in [5.41, 5.74) is 5.50. The van der Waals surface area contributed by atoms with Gasteiger partial charge < -0.3 is 25.7 Å². The van der Waals surface area contributed by atoms with Crippen LogP contribution in [0.5, 0.6) is 0 Å². The third kappa shape index (κ3) is 5.33. The zero-order chi connectivity index (χ0) is 14.1. The maximum Gasteiger partial charge on any atom is 0.231 e. The Bertz CT molecular complexity index is 281. The van der Waals surface area contributed by atoms with Gasteiger partial charge in [-0.05, 0) is 5.92 Å². The summed E-state index contributed by atoms with van der Waals surface area (Å²) in [7, 11) is 3.10. The van der Waals surface area contributed by atoms with E-state index in [1.165, 1.54) is 0 Å². The quantitative estimate of drug-likeness (QED) is 0.242. The van der Waals surface area contributed by atoms with E-state index in [0.717, 1.165) is 0 Å². The summed E-state index contributed by atoms with van der Waals surface area (Å²) in [6.07, 6.45) is -0.223. The highest BCUT2D eigenvalue weighted by Gasteiger charge is 2.27. The molecule has 2 atom stereocenters. The van der Waals surface area contributed by atoms with Crippen LogP contribution in [0.25, 0.3) is 0 Å². The van der Waals surface area contributed by atoms with Crippen molar-refractivity contribution in [1.82, 2.24) is 5.32 Å². The van der Waals surface area contributed by atoms with Crippen LogP contribution in [0.2, 0.25) is 0 Å². The van der Waals surface area contributed by atoms with Gasteiger partial charge in [-0.3, -0.25) is 4.79 Å². The second-order valence-electron chi connectivity index (χ2n) is 4.30. The van der Waals surface area contributed by atoms with Gasteiger partial charge >= 0.3 is 0 Å². The normalized spacial score (nSPS) is 15.5. The lowest BCUT2D eigenvalue weighted by atomic mass is 9.94. The molecule has 4 N–H and O–H groups in total. The third-order valence-corrected chi connectivity index (χ3v) is 2.57. The highest BCUT2D eigenvalue weighted by Crippen LogP contribution is 2.11. The number of nitrogens with zero attached hydrogens (tertiary/aromatic N) is 1. The lowest BCUT2D eigenvalue weighted by Crippen LogP contribution is -2.45. The Hall–Kier alpha value is -1.34. The molecule has 0 heterocycles. The van der Waals surface area contributed by atoms with Crippen LogP contribution < -0.4 is 11.1 Å². The molecule has 7 heteroatoms. The van der Waals surface area contributed by atoms with Gasteiger partial charge in [-0.25, -0.2) is 0 Å². The zero-order valence-corrected chi connectivity index (χ0v) is 11.3. The molecule has 0 saturated carbocycles. The maximum absolute atomic E-state index is 11.9. The van der Waals surface area contributed by atoms with E-state index in [4.69, 9.17) is 20.4 Å². The first-order valence-electron chi connectivity index (χ1n) is 5.74. The van der Waals surface area contributed by atoms with Crippen LogP contribution in [-0.2, 0) is 14.3 Å². The minimum Gasteiger partial charge on any atom is -0.409 e. The van der Waals surface area contributed by atoms with Gasteiger partial charge in [0.25, 0.3) is 0 Å². The zero-order valence-electron chi connectivity index (χ0n) is 11.3. The number of carbonyl (C=O) groups excluding carboxylic acids is 1. The smallest absolute Gasteiger partial charge is 0.231 e. The van der Waals surface area contributed by atoms with Crippen molar-refractivity contribution in [3.63, 3.8) is 0 Å². The molecular formula is C11H23N3O4. The average Bonchev–Trinajstić information content (AvgIpc) is 2.33. The fourth-order valence-corrected chi connectivity index (χ4v) is 1.56. The molecule has 0 fully saturated rings. The van der Waals surface area contributed by atoms with Gasteiger partial charge in [-0.15, -0.1) is 0 Å². The third-order valence-electron chi connectivity index (χ3n) is 2.57. The molecule has 18 heavy (non-hydrogen) atoms. The molecule has 0 aromatic rings. The molecule has 2 unspecified atom stereocenters. The summed E-state index contributed by atoms with van der Waals surface area (Å²) in [5.74, 6) is -1.11. The number of methoxy groups -OCH3 is 2. The monoisotopic (exact) mass is 261 g/mol. The lowest BCUT2D eigenvalue weighted by molar-refractivity contribution is -0.124. The second kappa shape index (κ2) is 8.71. The van der Waals surface area contributed by atoms with Crippen molar-refractivity contribution in [3.05, 3.63) is 0 Å². The molecular weight excluding hydrogens is 238 g/mol. The predicted molar refractivity (Wildman–Crippen MR) is 67.4 cm³/mol. The molecule has 0 aliphatic carbocycles. The summed E-state index contributed by atoms with van der Waals surface area (Å²) < 4.78 is 10.1. The van der Waals surface area contributed by atoms with Gasteiger partial charge in [0.1, 0.15) is 5.92 Å². The van der Waals surface area contributed by atoms with Gasteiger partial charge in [0.2, 0.25) is 5.91 Å². The van der Waals surface area contributed by atoms with E-state index in [-0.39, 0.29) is 23.8 Å². The van der Waals surface area contributed by atoms with Gasteiger partial charge in [-0.1, -0.05) is 19.0 Å². The fourth-order valence-electron chi connectivity index (χ4n) is 1.56. The Balaban J connectivity index is 4.44. The Morgan fingerprint density at radius 3 is 2.44 bits per heavy atom. The molecule has 0 aliphatic heterocycles. The summed E-state index contributed by atoms with van der Waals surface area (Å²) in [4.78, 5) is 11.9. The number of nitrogens with one attached hydrogen (secondary N) is 1. The number of ether oxygens (including phenoxy) is 2. The maximum atomic E-state index is 11.9. The standard InChI is InChI=1S/C11H23N3O4/c1-7(2)9(10(12)14-16)11(15)13-5-8(18-4)6-17-3/h7-9,16H,5-6H2,1-4H3,(H2,12,14)(H,13,15). The van der Waals surface area contributed by atoms with Crippen LogP contribution in [-0.4, -0.2) is 50.4 Å². The number of hydrogen-bond acceptors (Lipinski definition) is 5. The average molecular weight is 261 g/mol. The van der Waals surface area contributed by atoms with Crippen LogP contribution in [0, 0.1) is 11.8 Å². The molecule has 0 radical (unpaired) electrons. The van der Waals surface area contributed by atoms with Gasteiger partial charge in [-0.2, -0.15) is 0 Å². The molecule has 106 valence electrons. The topological polar surface area (TPSA) is 106 Å². The Morgan fingerprint density at radius 2 is 2.06 bits per heavy atom. The van der Waals surface area contributed by atoms with E-state index in [1.54, 1.807) is 14.2 Å². The summed E-state index contributed by atoms with van der Waals surface area (Å²) in [6.45, 7) is 4.34. The molecule has 1 amide bonds. The van der Waals surface area contributed by atoms with Crippen molar-refractivity contribution in [2.45, 2.75) is 20.0 Å². The Labute approximate surface area is 107 Å². The number of amides is 1. The summed E-state index contributed by atoms with van der Waals surface area (Å²) >= 11 is 0. The van der Waals surface area contributed by atoms with Crippen LogP contribution >= 0.6 is 0 Å². The first-order valence-corrected chi connectivity index (χ1v) is 5.74. The van der Waals surface area contributed by atoms with Crippen molar-refractivity contribution >= 4 is 11.7 Å². The van der Waals surface area contributed by atoms with E-state index >= 15 is 0 Å².